The van der Waals surface area contributed by atoms with Gasteiger partial charge in [-0.25, -0.2) is 0 Å². The number of amides is 2. The second-order valence-corrected chi connectivity index (χ2v) is 6.78. The first kappa shape index (κ1) is 20.3. The zero-order valence-electron chi connectivity index (χ0n) is 15.0. The predicted molar refractivity (Wildman–Crippen MR) is 94.7 cm³/mol. The van der Waals surface area contributed by atoms with Crippen LogP contribution in [0, 0.1) is 0 Å². The molecule has 8 heteroatoms. The quantitative estimate of drug-likeness (QED) is 0.828. The third kappa shape index (κ3) is 6.32. The Balaban J connectivity index is 2.16. The number of halogens is 3. The fourth-order valence-electron chi connectivity index (χ4n) is 2.23. The minimum Gasteiger partial charge on any atom is -0.406 e. The molecule has 0 saturated heterocycles. The largest absolute Gasteiger partial charge is 0.573 e. The minimum atomic E-state index is -4.79. The predicted octanol–water partition coefficient (Wildman–Crippen LogP) is 4.37. The van der Waals surface area contributed by atoms with Gasteiger partial charge >= 0.3 is 6.36 Å². The maximum Gasteiger partial charge on any atom is 0.573 e. The summed E-state index contributed by atoms with van der Waals surface area (Å²) in [7, 11) is 0. The molecule has 2 rings (SSSR count). The van der Waals surface area contributed by atoms with Crippen LogP contribution in [0.25, 0.3) is 0 Å². The van der Waals surface area contributed by atoms with Crippen molar-refractivity contribution in [2.45, 2.75) is 32.7 Å². The number of carbonyl (C=O) groups is 2. The Labute approximate surface area is 154 Å². The van der Waals surface area contributed by atoms with Crippen LogP contribution in [-0.4, -0.2) is 23.7 Å². The van der Waals surface area contributed by atoms with E-state index in [4.69, 9.17) is 0 Å². The second kappa shape index (κ2) is 7.69. The van der Waals surface area contributed by atoms with Crippen molar-refractivity contribution in [2.75, 3.05) is 5.32 Å². The van der Waals surface area contributed by atoms with Gasteiger partial charge in [0.2, 0.25) is 0 Å². The van der Waals surface area contributed by atoms with Crippen LogP contribution in [0.5, 0.6) is 5.75 Å². The highest BCUT2D eigenvalue weighted by molar-refractivity contribution is 6.12. The van der Waals surface area contributed by atoms with Crippen molar-refractivity contribution in [3.63, 3.8) is 0 Å². The van der Waals surface area contributed by atoms with Gasteiger partial charge in [-0.05, 0) is 57.2 Å². The van der Waals surface area contributed by atoms with Gasteiger partial charge in [-0.1, -0.05) is 12.1 Å². The van der Waals surface area contributed by atoms with E-state index >= 15 is 0 Å². The lowest BCUT2D eigenvalue weighted by Crippen LogP contribution is -2.41. The van der Waals surface area contributed by atoms with Crippen LogP contribution in [0.3, 0.4) is 0 Å². The van der Waals surface area contributed by atoms with Crippen molar-refractivity contribution in [3.8, 4) is 5.75 Å². The third-order valence-corrected chi connectivity index (χ3v) is 3.25. The fourth-order valence-corrected chi connectivity index (χ4v) is 2.23. The molecule has 5 nitrogen and oxygen atoms in total. The normalized spacial score (nSPS) is 11.6. The lowest BCUT2D eigenvalue weighted by Gasteiger charge is -2.21. The van der Waals surface area contributed by atoms with Gasteiger partial charge in [-0.2, -0.15) is 0 Å². The van der Waals surface area contributed by atoms with Gasteiger partial charge in [-0.3, -0.25) is 9.59 Å². The Bertz CT molecular complexity index is 825. The van der Waals surface area contributed by atoms with Gasteiger partial charge in [0.05, 0.1) is 11.1 Å². The monoisotopic (exact) mass is 380 g/mol. The summed E-state index contributed by atoms with van der Waals surface area (Å²) < 4.78 is 40.3. The van der Waals surface area contributed by atoms with E-state index in [1.165, 1.54) is 24.3 Å². The molecule has 0 aliphatic rings. The molecule has 2 amide bonds. The molecule has 2 aromatic rings. The summed E-state index contributed by atoms with van der Waals surface area (Å²) in [6.45, 7) is 5.45. The van der Waals surface area contributed by atoms with E-state index in [2.05, 4.69) is 15.4 Å². The molecule has 0 saturated carbocycles. The van der Waals surface area contributed by atoms with Crippen LogP contribution in [0.15, 0.2) is 48.5 Å². The van der Waals surface area contributed by atoms with Gasteiger partial charge < -0.3 is 15.4 Å². The number of carbonyl (C=O) groups excluding carboxylic acids is 2. The average Bonchev–Trinajstić information content (AvgIpc) is 2.53. The van der Waals surface area contributed by atoms with Crippen molar-refractivity contribution in [1.82, 2.24) is 5.32 Å². The standard InChI is InChI=1S/C19H19F3N2O3/c1-18(2,3)24-17(26)15-7-5-4-6-14(15)16(25)23-12-8-10-13(11-9-12)27-19(20,21)22/h4-11H,1-3H3,(H,23,25)(H,24,26). The molecule has 2 aromatic carbocycles. The Morgan fingerprint density at radius 3 is 1.85 bits per heavy atom. The van der Waals surface area contributed by atoms with Gasteiger partial charge in [0.15, 0.2) is 0 Å². The summed E-state index contributed by atoms with van der Waals surface area (Å²) in [6, 6.07) is 11.0. The topological polar surface area (TPSA) is 67.4 Å². The third-order valence-electron chi connectivity index (χ3n) is 3.25. The Hall–Kier alpha value is -3.03. The highest BCUT2D eigenvalue weighted by atomic mass is 19.4. The SMILES string of the molecule is CC(C)(C)NC(=O)c1ccccc1C(=O)Nc1ccc(OC(F)(F)F)cc1. The fraction of sp³-hybridized carbons (Fsp3) is 0.263. The Morgan fingerprint density at radius 2 is 1.37 bits per heavy atom. The number of ether oxygens (including phenoxy) is 1. The molecule has 0 bridgehead atoms. The van der Waals surface area contributed by atoms with Gasteiger partial charge in [0.1, 0.15) is 5.75 Å². The first-order chi connectivity index (χ1) is 12.4. The molecule has 0 atom stereocenters. The Morgan fingerprint density at radius 1 is 0.852 bits per heavy atom. The molecule has 0 aromatic heterocycles. The molecule has 0 radical (unpaired) electrons. The molecule has 0 aliphatic carbocycles. The van der Waals surface area contributed by atoms with Crippen LogP contribution in [0.1, 0.15) is 41.5 Å². The van der Waals surface area contributed by atoms with Crippen molar-refractivity contribution < 1.29 is 27.5 Å². The van der Waals surface area contributed by atoms with Crippen molar-refractivity contribution in [3.05, 3.63) is 59.7 Å². The zero-order chi connectivity index (χ0) is 20.2. The number of hydrogen-bond donors (Lipinski definition) is 2. The molecule has 0 heterocycles. The number of nitrogens with one attached hydrogen (secondary N) is 2. The first-order valence-electron chi connectivity index (χ1n) is 8.03. The van der Waals surface area contributed by atoms with Gasteiger partial charge in [0.25, 0.3) is 11.8 Å². The van der Waals surface area contributed by atoms with Crippen LogP contribution in [0.4, 0.5) is 18.9 Å². The maximum absolute atomic E-state index is 12.5. The van der Waals surface area contributed by atoms with Crippen LogP contribution in [-0.2, 0) is 0 Å². The molecule has 0 fully saturated rings. The van der Waals surface area contributed by atoms with Crippen LogP contribution < -0.4 is 15.4 Å². The van der Waals surface area contributed by atoms with Crippen molar-refractivity contribution in [2.24, 2.45) is 0 Å². The molecule has 0 spiro atoms. The Kier molecular flexibility index (Phi) is 5.78. The zero-order valence-corrected chi connectivity index (χ0v) is 15.0. The number of benzene rings is 2. The summed E-state index contributed by atoms with van der Waals surface area (Å²) in [4.78, 5) is 24.9. The van der Waals surface area contributed by atoms with Crippen LogP contribution in [0.2, 0.25) is 0 Å². The van der Waals surface area contributed by atoms with Crippen molar-refractivity contribution in [1.29, 1.82) is 0 Å². The van der Waals surface area contributed by atoms with Gasteiger partial charge in [-0.15, -0.1) is 13.2 Å². The average molecular weight is 380 g/mol. The van der Waals surface area contributed by atoms with E-state index in [0.29, 0.717) is 0 Å². The molecule has 2 N–H and O–H groups in total. The summed E-state index contributed by atoms with van der Waals surface area (Å²) in [5, 5.41) is 5.33. The molecule has 0 aliphatic heterocycles. The van der Waals surface area contributed by atoms with E-state index < -0.39 is 29.5 Å². The van der Waals surface area contributed by atoms with E-state index in [9.17, 15) is 22.8 Å². The second-order valence-electron chi connectivity index (χ2n) is 6.78. The number of alkyl halides is 3. The number of hydrogen-bond acceptors (Lipinski definition) is 3. The maximum atomic E-state index is 12.5. The van der Waals surface area contributed by atoms with E-state index in [-0.39, 0.29) is 16.8 Å². The minimum absolute atomic E-state index is 0.148. The van der Waals surface area contributed by atoms with Crippen molar-refractivity contribution >= 4 is 17.5 Å². The summed E-state index contributed by atoms with van der Waals surface area (Å²) in [6.07, 6.45) is -4.79. The highest BCUT2D eigenvalue weighted by Crippen LogP contribution is 2.24. The summed E-state index contributed by atoms with van der Waals surface area (Å²) in [5.74, 6) is -1.35. The van der Waals surface area contributed by atoms with Gasteiger partial charge in [0, 0.05) is 11.2 Å². The van der Waals surface area contributed by atoms with Crippen LogP contribution >= 0.6 is 0 Å². The lowest BCUT2D eigenvalue weighted by atomic mass is 10.0. The highest BCUT2D eigenvalue weighted by Gasteiger charge is 2.31. The molecular formula is C19H19F3N2O3. The first-order valence-corrected chi connectivity index (χ1v) is 8.03. The van der Waals surface area contributed by atoms with E-state index in [1.807, 2.05) is 20.8 Å². The number of anilines is 1. The molecular weight excluding hydrogens is 361 g/mol. The lowest BCUT2D eigenvalue weighted by molar-refractivity contribution is -0.274. The molecule has 27 heavy (non-hydrogen) atoms. The summed E-state index contributed by atoms with van der Waals surface area (Å²) >= 11 is 0. The van der Waals surface area contributed by atoms with E-state index in [0.717, 1.165) is 12.1 Å². The molecule has 0 unspecified atom stereocenters. The smallest absolute Gasteiger partial charge is 0.406 e. The van der Waals surface area contributed by atoms with E-state index in [1.54, 1.807) is 12.1 Å². The summed E-state index contributed by atoms with van der Waals surface area (Å²) in [5.41, 5.74) is 0.131. The molecule has 144 valence electrons. The number of rotatable bonds is 4.